The average molecular weight is 189 g/mol. The first-order valence-electron chi connectivity index (χ1n) is 5.05. The highest BCUT2D eigenvalue weighted by molar-refractivity contribution is 5.61. The smallest absolute Gasteiger partial charge is 0.0464 e. The van der Waals surface area contributed by atoms with Crippen LogP contribution in [0.15, 0.2) is 30.5 Å². The van der Waals surface area contributed by atoms with Gasteiger partial charge < -0.3 is 4.90 Å². The monoisotopic (exact) mass is 189 g/mol. The Labute approximate surface area is 87.1 Å². The highest BCUT2D eigenvalue weighted by Gasteiger charge is 2.08. The highest BCUT2D eigenvalue weighted by Crippen LogP contribution is 2.26. The maximum atomic E-state index is 4.06. The third-order valence-electron chi connectivity index (χ3n) is 2.66. The highest BCUT2D eigenvalue weighted by atomic mass is 15.1. The lowest BCUT2D eigenvalue weighted by atomic mass is 10.1. The second-order valence-corrected chi connectivity index (χ2v) is 3.72. The van der Waals surface area contributed by atoms with Crippen LogP contribution >= 0.6 is 0 Å². The molecule has 0 aliphatic heterocycles. The summed E-state index contributed by atoms with van der Waals surface area (Å²) in [5.41, 5.74) is 5.06. The molecule has 0 heterocycles. The third kappa shape index (κ3) is 1.98. The van der Waals surface area contributed by atoms with Crippen molar-refractivity contribution in [3.63, 3.8) is 0 Å². The molecule has 76 valence electrons. The van der Waals surface area contributed by atoms with Crippen molar-refractivity contribution in [2.75, 3.05) is 11.9 Å². The molecule has 1 aromatic carbocycles. The van der Waals surface area contributed by atoms with Gasteiger partial charge in [0.25, 0.3) is 0 Å². The van der Waals surface area contributed by atoms with Gasteiger partial charge in [-0.3, -0.25) is 0 Å². The van der Waals surface area contributed by atoms with E-state index in [1.54, 1.807) is 0 Å². The molecule has 0 aliphatic carbocycles. The zero-order chi connectivity index (χ0) is 10.7. The Morgan fingerprint density at radius 2 is 1.79 bits per heavy atom. The summed E-state index contributed by atoms with van der Waals surface area (Å²) in [7, 11) is 2.08. The SMILES string of the molecule is C=C(CC)N(C)c1c(C)cccc1C. The van der Waals surface area contributed by atoms with E-state index in [0.29, 0.717) is 0 Å². The van der Waals surface area contributed by atoms with Crippen molar-refractivity contribution >= 4 is 5.69 Å². The van der Waals surface area contributed by atoms with Crippen molar-refractivity contribution in [1.29, 1.82) is 0 Å². The molecule has 0 saturated carbocycles. The first-order chi connectivity index (χ1) is 6.57. The Morgan fingerprint density at radius 3 is 2.21 bits per heavy atom. The molecule has 0 aromatic heterocycles. The molecule has 1 aromatic rings. The summed E-state index contributed by atoms with van der Waals surface area (Å²) in [5, 5.41) is 0. The normalized spacial score (nSPS) is 10.0. The molecule has 0 atom stereocenters. The lowest BCUT2D eigenvalue weighted by Gasteiger charge is -2.24. The maximum absolute atomic E-state index is 4.06. The minimum Gasteiger partial charge on any atom is -0.348 e. The van der Waals surface area contributed by atoms with Gasteiger partial charge in [0.15, 0.2) is 0 Å². The van der Waals surface area contributed by atoms with E-state index in [1.165, 1.54) is 16.8 Å². The minimum absolute atomic E-state index is 0.990. The Balaban J connectivity index is 3.11. The third-order valence-corrected chi connectivity index (χ3v) is 2.66. The van der Waals surface area contributed by atoms with Crippen molar-refractivity contribution in [3.8, 4) is 0 Å². The molecule has 0 unspecified atom stereocenters. The van der Waals surface area contributed by atoms with Crippen molar-refractivity contribution in [2.24, 2.45) is 0 Å². The van der Waals surface area contributed by atoms with Gasteiger partial charge in [0.2, 0.25) is 0 Å². The predicted octanol–water partition coefficient (Wildman–Crippen LogP) is 3.66. The zero-order valence-electron chi connectivity index (χ0n) is 9.59. The van der Waals surface area contributed by atoms with Crippen LogP contribution in [0, 0.1) is 13.8 Å². The summed E-state index contributed by atoms with van der Waals surface area (Å²) in [5.74, 6) is 0. The van der Waals surface area contributed by atoms with Gasteiger partial charge in [0.05, 0.1) is 0 Å². The molecule has 1 nitrogen and oxygen atoms in total. The summed E-state index contributed by atoms with van der Waals surface area (Å²) in [6.07, 6.45) is 0.990. The molecule has 0 bridgehead atoms. The van der Waals surface area contributed by atoms with E-state index in [-0.39, 0.29) is 0 Å². The quantitative estimate of drug-likeness (QED) is 0.701. The van der Waals surface area contributed by atoms with Crippen LogP contribution in [0.3, 0.4) is 0 Å². The lowest BCUT2D eigenvalue weighted by Crippen LogP contribution is -2.17. The van der Waals surface area contributed by atoms with E-state index < -0.39 is 0 Å². The van der Waals surface area contributed by atoms with E-state index >= 15 is 0 Å². The fraction of sp³-hybridized carbons (Fsp3) is 0.385. The zero-order valence-corrected chi connectivity index (χ0v) is 9.59. The number of nitrogens with zero attached hydrogens (tertiary/aromatic N) is 1. The summed E-state index contributed by atoms with van der Waals surface area (Å²) in [6.45, 7) is 10.5. The van der Waals surface area contributed by atoms with E-state index in [0.717, 1.165) is 12.1 Å². The van der Waals surface area contributed by atoms with Crippen LogP contribution in [-0.4, -0.2) is 7.05 Å². The van der Waals surface area contributed by atoms with Crippen LogP contribution in [0.1, 0.15) is 24.5 Å². The molecule has 1 heteroatoms. The molecule has 0 N–H and O–H groups in total. The number of para-hydroxylation sites is 1. The fourth-order valence-corrected chi connectivity index (χ4v) is 1.73. The van der Waals surface area contributed by atoms with E-state index in [2.05, 4.69) is 57.5 Å². The van der Waals surface area contributed by atoms with Crippen molar-refractivity contribution in [1.82, 2.24) is 0 Å². The van der Waals surface area contributed by atoms with Crippen molar-refractivity contribution in [2.45, 2.75) is 27.2 Å². The standard InChI is InChI=1S/C13H19N/c1-6-12(4)14(5)13-10(2)8-7-9-11(13)3/h7-9H,4,6H2,1-3,5H3. The summed E-state index contributed by atoms with van der Waals surface area (Å²) < 4.78 is 0. The Kier molecular flexibility index (Phi) is 3.34. The molecule has 0 aliphatic rings. The Bertz CT molecular complexity index is 319. The number of allylic oxidation sites excluding steroid dienone is 1. The number of aryl methyl sites for hydroxylation is 2. The Morgan fingerprint density at radius 1 is 1.29 bits per heavy atom. The van der Waals surface area contributed by atoms with Crippen LogP contribution in [0.25, 0.3) is 0 Å². The van der Waals surface area contributed by atoms with Gasteiger partial charge in [-0.2, -0.15) is 0 Å². The number of hydrogen-bond acceptors (Lipinski definition) is 1. The largest absolute Gasteiger partial charge is 0.348 e. The van der Waals surface area contributed by atoms with Crippen LogP contribution in [0.5, 0.6) is 0 Å². The lowest BCUT2D eigenvalue weighted by molar-refractivity contribution is 0.974. The van der Waals surface area contributed by atoms with E-state index in [4.69, 9.17) is 0 Å². The van der Waals surface area contributed by atoms with Gasteiger partial charge in [-0.1, -0.05) is 31.7 Å². The first kappa shape index (κ1) is 10.8. The minimum atomic E-state index is 0.990. The van der Waals surface area contributed by atoms with Gasteiger partial charge >= 0.3 is 0 Å². The Hall–Kier alpha value is -1.24. The summed E-state index contributed by atoms with van der Waals surface area (Å²) in [6, 6.07) is 6.38. The number of benzene rings is 1. The molecule has 0 spiro atoms. The van der Waals surface area contributed by atoms with Crippen LogP contribution < -0.4 is 4.90 Å². The average Bonchev–Trinajstić information content (AvgIpc) is 2.16. The van der Waals surface area contributed by atoms with Crippen molar-refractivity contribution < 1.29 is 0 Å². The molecule has 0 saturated heterocycles. The van der Waals surface area contributed by atoms with Crippen LogP contribution in [0.2, 0.25) is 0 Å². The second kappa shape index (κ2) is 4.32. The van der Waals surface area contributed by atoms with Gasteiger partial charge in [0, 0.05) is 18.4 Å². The van der Waals surface area contributed by atoms with Crippen molar-refractivity contribution in [3.05, 3.63) is 41.6 Å². The number of hydrogen-bond donors (Lipinski definition) is 0. The second-order valence-electron chi connectivity index (χ2n) is 3.72. The van der Waals surface area contributed by atoms with Gasteiger partial charge in [-0.15, -0.1) is 0 Å². The van der Waals surface area contributed by atoms with Gasteiger partial charge in [0.1, 0.15) is 0 Å². The molecular weight excluding hydrogens is 170 g/mol. The van der Waals surface area contributed by atoms with E-state index in [9.17, 15) is 0 Å². The van der Waals surface area contributed by atoms with Gasteiger partial charge in [-0.25, -0.2) is 0 Å². The molecular formula is C13H19N. The molecule has 0 fully saturated rings. The number of anilines is 1. The molecule has 0 amide bonds. The first-order valence-corrected chi connectivity index (χ1v) is 5.05. The van der Waals surface area contributed by atoms with Crippen LogP contribution in [0.4, 0.5) is 5.69 Å². The summed E-state index contributed by atoms with van der Waals surface area (Å²) >= 11 is 0. The fourth-order valence-electron chi connectivity index (χ4n) is 1.73. The van der Waals surface area contributed by atoms with Crippen LogP contribution in [-0.2, 0) is 0 Å². The summed E-state index contributed by atoms with van der Waals surface area (Å²) in [4.78, 5) is 2.19. The number of rotatable bonds is 3. The van der Waals surface area contributed by atoms with Gasteiger partial charge in [-0.05, 0) is 31.4 Å². The predicted molar refractivity (Wildman–Crippen MR) is 63.8 cm³/mol. The molecule has 0 radical (unpaired) electrons. The molecule has 14 heavy (non-hydrogen) atoms. The van der Waals surface area contributed by atoms with E-state index in [1.807, 2.05) is 0 Å². The topological polar surface area (TPSA) is 3.24 Å². The maximum Gasteiger partial charge on any atom is 0.0464 e. The molecule has 1 rings (SSSR count).